The van der Waals surface area contributed by atoms with Gasteiger partial charge in [0.15, 0.2) is 5.65 Å². The molecule has 4 aliphatic rings. The molecule has 206 valence electrons. The molecule has 39 heavy (non-hydrogen) atoms. The Morgan fingerprint density at radius 3 is 2.59 bits per heavy atom. The standard InChI is InChI=1S/C30H39N7O2/c1-21-7-10-26-23(18-21)30(38)36-13-4-3-6-25(36)24-19-28-31-27(35-11-5-12-35)20-29(37(28)32-24)33(2)14-15-34(16-17-39-26)22-8-9-22/h7,10,18-20,22,25H,3-6,8-9,11-17H2,1-2H3. The van der Waals surface area contributed by atoms with Gasteiger partial charge in [-0.1, -0.05) is 11.6 Å². The number of carbonyl (C=O) groups is 1. The van der Waals surface area contributed by atoms with Crippen molar-refractivity contribution in [2.75, 3.05) is 62.7 Å². The highest BCUT2D eigenvalue weighted by Gasteiger charge is 2.34. The van der Waals surface area contributed by atoms with E-state index in [9.17, 15) is 4.79 Å². The van der Waals surface area contributed by atoms with Crippen LogP contribution in [0.1, 0.15) is 66.2 Å². The van der Waals surface area contributed by atoms with Crippen molar-refractivity contribution in [2.24, 2.45) is 0 Å². The molecule has 1 aromatic carbocycles. The van der Waals surface area contributed by atoms with Crippen LogP contribution in [-0.4, -0.2) is 89.3 Å². The fraction of sp³-hybridized carbons (Fsp3) is 0.567. The van der Waals surface area contributed by atoms with E-state index >= 15 is 0 Å². The van der Waals surface area contributed by atoms with Crippen LogP contribution in [0.15, 0.2) is 30.3 Å². The molecule has 0 N–H and O–H groups in total. The predicted molar refractivity (Wildman–Crippen MR) is 152 cm³/mol. The van der Waals surface area contributed by atoms with Gasteiger partial charge in [-0.3, -0.25) is 9.69 Å². The Morgan fingerprint density at radius 1 is 0.923 bits per heavy atom. The second kappa shape index (κ2) is 10.0. The molecule has 1 amide bonds. The second-order valence-corrected chi connectivity index (χ2v) is 11.7. The third-order valence-electron chi connectivity index (χ3n) is 8.88. The minimum atomic E-state index is -0.0785. The van der Waals surface area contributed by atoms with Crippen molar-refractivity contribution in [1.29, 1.82) is 0 Å². The van der Waals surface area contributed by atoms with Crippen LogP contribution >= 0.6 is 0 Å². The minimum absolute atomic E-state index is 0.0353. The molecule has 9 nitrogen and oxygen atoms in total. The molecule has 1 saturated carbocycles. The summed E-state index contributed by atoms with van der Waals surface area (Å²) in [5.41, 5.74) is 3.51. The van der Waals surface area contributed by atoms with Crippen molar-refractivity contribution in [3.05, 3.63) is 47.2 Å². The summed E-state index contributed by atoms with van der Waals surface area (Å²) in [4.78, 5) is 28.4. The Morgan fingerprint density at radius 2 is 1.79 bits per heavy atom. The summed E-state index contributed by atoms with van der Waals surface area (Å²) in [6, 6.07) is 10.8. The smallest absolute Gasteiger partial charge is 0.258 e. The third-order valence-corrected chi connectivity index (χ3v) is 8.88. The number of hydrogen-bond acceptors (Lipinski definition) is 7. The molecule has 7 rings (SSSR count). The van der Waals surface area contributed by atoms with Gasteiger partial charge in [-0.25, -0.2) is 4.98 Å². The average molecular weight is 530 g/mol. The lowest BCUT2D eigenvalue weighted by Gasteiger charge is -2.35. The molecule has 3 fully saturated rings. The van der Waals surface area contributed by atoms with E-state index < -0.39 is 0 Å². The second-order valence-electron chi connectivity index (χ2n) is 11.7. The van der Waals surface area contributed by atoms with E-state index in [1.54, 1.807) is 0 Å². The maximum atomic E-state index is 14.1. The van der Waals surface area contributed by atoms with Gasteiger partial charge in [-0.15, -0.1) is 0 Å². The summed E-state index contributed by atoms with van der Waals surface area (Å²) in [5, 5.41) is 5.13. The number of anilines is 2. The normalized spacial score (nSPS) is 23.0. The molecule has 2 bridgehead atoms. The zero-order chi connectivity index (χ0) is 26.5. The fourth-order valence-electron chi connectivity index (χ4n) is 6.26. The molecular formula is C30H39N7O2. The average Bonchev–Trinajstić information content (AvgIpc) is 3.67. The number of piperidine rings is 1. The predicted octanol–water partition coefficient (Wildman–Crippen LogP) is 3.91. The molecule has 1 aliphatic carbocycles. The van der Waals surface area contributed by atoms with Crippen LogP contribution in [0.25, 0.3) is 5.65 Å². The summed E-state index contributed by atoms with van der Waals surface area (Å²) in [7, 11) is 2.16. The molecule has 2 aromatic heterocycles. The van der Waals surface area contributed by atoms with Crippen molar-refractivity contribution >= 4 is 23.2 Å². The van der Waals surface area contributed by atoms with Gasteiger partial charge in [0.2, 0.25) is 0 Å². The molecule has 0 radical (unpaired) electrons. The number of hydrogen-bond donors (Lipinski definition) is 0. The Kier molecular flexibility index (Phi) is 6.34. The number of carbonyl (C=O) groups excluding carboxylic acids is 1. The zero-order valence-corrected chi connectivity index (χ0v) is 23.2. The number of nitrogens with zero attached hydrogens (tertiary/aromatic N) is 7. The quantitative estimate of drug-likeness (QED) is 0.499. The lowest BCUT2D eigenvalue weighted by atomic mass is 9.97. The van der Waals surface area contributed by atoms with Crippen LogP contribution in [-0.2, 0) is 0 Å². The topological polar surface area (TPSA) is 69.5 Å². The van der Waals surface area contributed by atoms with Gasteiger partial charge in [0.05, 0.1) is 17.3 Å². The first-order chi connectivity index (χ1) is 19.0. The van der Waals surface area contributed by atoms with E-state index in [2.05, 4.69) is 33.9 Å². The van der Waals surface area contributed by atoms with Gasteiger partial charge >= 0.3 is 0 Å². The number of amides is 1. The summed E-state index contributed by atoms with van der Waals surface area (Å²) in [6.07, 6.45) is 6.68. The lowest BCUT2D eigenvalue weighted by Crippen LogP contribution is -2.40. The molecule has 3 aromatic rings. The zero-order valence-electron chi connectivity index (χ0n) is 23.2. The van der Waals surface area contributed by atoms with E-state index in [0.717, 1.165) is 87.1 Å². The summed E-state index contributed by atoms with van der Waals surface area (Å²) < 4.78 is 8.33. The van der Waals surface area contributed by atoms with Crippen molar-refractivity contribution < 1.29 is 9.53 Å². The number of rotatable bonds is 2. The molecule has 5 heterocycles. The Labute approximate surface area is 230 Å². The summed E-state index contributed by atoms with van der Waals surface area (Å²) in [5.74, 6) is 2.80. The first-order valence-electron chi connectivity index (χ1n) is 14.7. The van der Waals surface area contributed by atoms with Crippen molar-refractivity contribution in [1.82, 2.24) is 24.4 Å². The van der Waals surface area contributed by atoms with Crippen LogP contribution in [0, 0.1) is 6.92 Å². The summed E-state index contributed by atoms with van der Waals surface area (Å²) in [6.45, 7) is 8.13. The van der Waals surface area contributed by atoms with E-state index in [0.29, 0.717) is 24.0 Å². The third kappa shape index (κ3) is 4.71. The Balaban J connectivity index is 1.33. The maximum absolute atomic E-state index is 14.1. The monoisotopic (exact) mass is 529 g/mol. The number of aryl methyl sites for hydroxylation is 1. The van der Waals surface area contributed by atoms with Crippen molar-refractivity contribution in [3.63, 3.8) is 0 Å². The maximum Gasteiger partial charge on any atom is 0.258 e. The van der Waals surface area contributed by atoms with Gasteiger partial charge in [-0.2, -0.15) is 9.61 Å². The van der Waals surface area contributed by atoms with Gasteiger partial charge in [0.1, 0.15) is 24.0 Å². The highest BCUT2D eigenvalue weighted by atomic mass is 16.5. The van der Waals surface area contributed by atoms with Crippen LogP contribution in [0.3, 0.4) is 0 Å². The van der Waals surface area contributed by atoms with Gasteiger partial charge < -0.3 is 19.4 Å². The Hall–Kier alpha value is -3.33. The van der Waals surface area contributed by atoms with Crippen LogP contribution < -0.4 is 14.5 Å². The molecule has 1 unspecified atom stereocenters. The van der Waals surface area contributed by atoms with E-state index in [1.807, 2.05) is 34.5 Å². The van der Waals surface area contributed by atoms with Crippen molar-refractivity contribution in [2.45, 2.75) is 57.5 Å². The fourth-order valence-corrected chi connectivity index (χ4v) is 6.26. The summed E-state index contributed by atoms with van der Waals surface area (Å²) >= 11 is 0. The number of likely N-dealkylation sites (N-methyl/N-ethyl adjacent to an activating group) is 1. The number of ether oxygens (including phenoxy) is 1. The Bertz CT molecular complexity index is 1380. The highest BCUT2D eigenvalue weighted by molar-refractivity contribution is 5.97. The number of benzene rings is 1. The number of fused-ring (bicyclic) bond motifs is 4. The molecular weight excluding hydrogens is 490 g/mol. The van der Waals surface area contributed by atoms with Gasteiger partial charge in [-0.05, 0) is 57.6 Å². The molecule has 0 spiro atoms. The van der Waals surface area contributed by atoms with Gasteiger partial charge in [0, 0.05) is 64.5 Å². The first-order valence-corrected chi connectivity index (χ1v) is 14.7. The molecule has 3 aliphatic heterocycles. The first kappa shape index (κ1) is 24.7. The van der Waals surface area contributed by atoms with E-state index in [1.165, 1.54) is 19.3 Å². The van der Waals surface area contributed by atoms with E-state index in [4.69, 9.17) is 14.8 Å². The van der Waals surface area contributed by atoms with Crippen molar-refractivity contribution in [3.8, 4) is 5.75 Å². The minimum Gasteiger partial charge on any atom is -0.491 e. The largest absolute Gasteiger partial charge is 0.491 e. The SMILES string of the molecule is Cc1ccc2c(c1)C(=O)N1CCCCC1c1cc3nc(N4CCC4)cc(n3n1)N(C)CCN(C1CC1)CCO2. The van der Waals surface area contributed by atoms with E-state index in [-0.39, 0.29) is 11.9 Å². The number of aromatic nitrogens is 3. The van der Waals surface area contributed by atoms with Crippen LogP contribution in [0.4, 0.5) is 11.6 Å². The highest BCUT2D eigenvalue weighted by Crippen LogP contribution is 2.35. The molecule has 9 heteroatoms. The van der Waals surface area contributed by atoms with Crippen LogP contribution in [0.2, 0.25) is 0 Å². The molecule has 2 saturated heterocycles. The van der Waals surface area contributed by atoms with Gasteiger partial charge in [0.25, 0.3) is 5.91 Å². The van der Waals surface area contributed by atoms with Crippen LogP contribution in [0.5, 0.6) is 5.75 Å². The molecule has 1 atom stereocenters. The lowest BCUT2D eigenvalue weighted by molar-refractivity contribution is 0.0600.